The molecule has 1 aliphatic heterocycles. The first-order valence-corrected chi connectivity index (χ1v) is 6.72. The van der Waals surface area contributed by atoms with Crippen LogP contribution in [0.4, 0.5) is 5.69 Å². The third-order valence-electron chi connectivity index (χ3n) is 3.49. The van der Waals surface area contributed by atoms with Crippen molar-refractivity contribution in [2.45, 2.75) is 38.6 Å². The Morgan fingerprint density at radius 3 is 2.74 bits per heavy atom. The monoisotopic (exact) mass is 302 g/mol. The summed E-state index contributed by atoms with van der Waals surface area (Å²) in [5, 5.41) is 6.79. The van der Waals surface area contributed by atoms with Crippen molar-refractivity contribution >= 4 is 35.6 Å². The highest BCUT2D eigenvalue weighted by atomic mass is 35.5. The zero-order valence-corrected chi connectivity index (χ0v) is 12.8. The Bertz CT molecular complexity index is 457. The minimum atomic E-state index is -0.480. The Balaban J connectivity index is 0.00000180. The van der Waals surface area contributed by atoms with Crippen LogP contribution in [0.3, 0.4) is 0 Å². The molecule has 1 unspecified atom stereocenters. The van der Waals surface area contributed by atoms with Crippen LogP contribution in [0.5, 0.6) is 0 Å². The second-order valence-electron chi connectivity index (χ2n) is 5.15. The summed E-state index contributed by atoms with van der Waals surface area (Å²) in [4.78, 5) is 12.3. The third-order valence-corrected chi connectivity index (χ3v) is 3.81. The Labute approximate surface area is 125 Å². The van der Waals surface area contributed by atoms with Gasteiger partial charge in [-0.05, 0) is 57.4 Å². The van der Waals surface area contributed by atoms with Crippen molar-refractivity contribution in [1.29, 1.82) is 0 Å². The van der Waals surface area contributed by atoms with E-state index in [2.05, 4.69) is 10.6 Å². The standard InChI is InChI=1S/C14H19ClN2O.ClH/c1-10-5-6-12(11(15)9-10)17-13(18)14(2)7-3-4-8-16-14;/h5-6,9,16H,3-4,7-8H2,1-2H3,(H,17,18);1H. The van der Waals surface area contributed by atoms with Crippen LogP contribution in [-0.2, 0) is 4.79 Å². The number of benzene rings is 1. The molecule has 1 heterocycles. The molecule has 1 aromatic rings. The maximum Gasteiger partial charge on any atom is 0.244 e. The van der Waals surface area contributed by atoms with Gasteiger partial charge in [-0.1, -0.05) is 17.7 Å². The van der Waals surface area contributed by atoms with Crippen LogP contribution in [0.1, 0.15) is 31.7 Å². The molecule has 1 atom stereocenters. The van der Waals surface area contributed by atoms with Crippen molar-refractivity contribution in [2.24, 2.45) is 0 Å². The second kappa shape index (κ2) is 6.60. The molecule has 0 aromatic heterocycles. The average Bonchev–Trinajstić information content (AvgIpc) is 2.33. The molecule has 19 heavy (non-hydrogen) atoms. The smallest absolute Gasteiger partial charge is 0.244 e. The molecule has 3 nitrogen and oxygen atoms in total. The lowest BCUT2D eigenvalue weighted by Crippen LogP contribution is -2.54. The maximum atomic E-state index is 12.3. The highest BCUT2D eigenvalue weighted by molar-refractivity contribution is 6.33. The fourth-order valence-electron chi connectivity index (χ4n) is 2.23. The summed E-state index contributed by atoms with van der Waals surface area (Å²) < 4.78 is 0. The first kappa shape index (κ1) is 16.3. The number of hydrogen-bond donors (Lipinski definition) is 2. The molecule has 1 fully saturated rings. The predicted molar refractivity (Wildman–Crippen MR) is 82.3 cm³/mol. The number of carbonyl (C=O) groups is 1. The van der Waals surface area contributed by atoms with Gasteiger partial charge in [0.1, 0.15) is 0 Å². The number of nitrogens with one attached hydrogen (secondary N) is 2. The number of carbonyl (C=O) groups excluding carboxylic acids is 1. The summed E-state index contributed by atoms with van der Waals surface area (Å²) in [5.41, 5.74) is 1.28. The van der Waals surface area contributed by atoms with Gasteiger partial charge < -0.3 is 10.6 Å². The van der Waals surface area contributed by atoms with Gasteiger partial charge in [0, 0.05) is 0 Å². The molecule has 0 bridgehead atoms. The molecular formula is C14H20Cl2N2O. The van der Waals surface area contributed by atoms with Gasteiger partial charge in [0.2, 0.25) is 5.91 Å². The zero-order chi connectivity index (χ0) is 13.2. The molecule has 0 radical (unpaired) electrons. The first-order chi connectivity index (χ1) is 8.51. The van der Waals surface area contributed by atoms with Gasteiger partial charge >= 0.3 is 0 Å². The van der Waals surface area contributed by atoms with Crippen molar-refractivity contribution in [1.82, 2.24) is 5.32 Å². The van der Waals surface area contributed by atoms with Crippen LogP contribution in [0.2, 0.25) is 5.02 Å². The summed E-state index contributed by atoms with van der Waals surface area (Å²) >= 11 is 6.12. The first-order valence-electron chi connectivity index (χ1n) is 6.34. The van der Waals surface area contributed by atoms with E-state index in [1.807, 2.05) is 32.0 Å². The molecule has 5 heteroatoms. The Morgan fingerprint density at radius 2 is 2.16 bits per heavy atom. The van der Waals surface area contributed by atoms with E-state index in [4.69, 9.17) is 11.6 Å². The summed E-state index contributed by atoms with van der Waals surface area (Å²) in [6.45, 7) is 4.82. The predicted octanol–water partition coefficient (Wildman–Crippen LogP) is 3.54. The molecule has 1 saturated heterocycles. The highest BCUT2D eigenvalue weighted by Gasteiger charge is 2.34. The van der Waals surface area contributed by atoms with E-state index in [0.29, 0.717) is 10.7 Å². The molecule has 0 aliphatic carbocycles. The van der Waals surface area contributed by atoms with Crippen molar-refractivity contribution < 1.29 is 4.79 Å². The molecule has 2 rings (SSSR count). The van der Waals surface area contributed by atoms with Crippen molar-refractivity contribution in [3.8, 4) is 0 Å². The molecule has 0 saturated carbocycles. The van der Waals surface area contributed by atoms with E-state index >= 15 is 0 Å². The zero-order valence-electron chi connectivity index (χ0n) is 11.3. The van der Waals surface area contributed by atoms with Crippen LogP contribution < -0.4 is 10.6 Å². The van der Waals surface area contributed by atoms with E-state index in [-0.39, 0.29) is 18.3 Å². The van der Waals surface area contributed by atoms with Crippen LogP contribution in [0.25, 0.3) is 0 Å². The van der Waals surface area contributed by atoms with Crippen LogP contribution in [0.15, 0.2) is 18.2 Å². The van der Waals surface area contributed by atoms with Gasteiger partial charge in [0.05, 0.1) is 16.2 Å². The van der Waals surface area contributed by atoms with Crippen molar-refractivity contribution in [3.63, 3.8) is 0 Å². The lowest BCUT2D eigenvalue weighted by atomic mass is 9.90. The number of anilines is 1. The number of hydrogen-bond acceptors (Lipinski definition) is 2. The topological polar surface area (TPSA) is 41.1 Å². The summed E-state index contributed by atoms with van der Waals surface area (Å²) in [6, 6.07) is 5.65. The number of halogens is 2. The van der Waals surface area contributed by atoms with E-state index in [9.17, 15) is 4.79 Å². The largest absolute Gasteiger partial charge is 0.323 e. The lowest BCUT2D eigenvalue weighted by molar-refractivity contribution is -0.122. The van der Waals surface area contributed by atoms with Gasteiger partial charge in [-0.25, -0.2) is 0 Å². The van der Waals surface area contributed by atoms with Crippen molar-refractivity contribution in [2.75, 3.05) is 11.9 Å². The molecule has 106 valence electrons. The van der Waals surface area contributed by atoms with E-state index in [1.165, 1.54) is 0 Å². The van der Waals surface area contributed by atoms with Gasteiger partial charge in [0.25, 0.3) is 0 Å². The Hall–Kier alpha value is -0.770. The number of piperidine rings is 1. The number of rotatable bonds is 2. The van der Waals surface area contributed by atoms with E-state index in [0.717, 1.165) is 31.4 Å². The van der Waals surface area contributed by atoms with E-state index in [1.54, 1.807) is 0 Å². The number of aryl methyl sites for hydroxylation is 1. The fourth-order valence-corrected chi connectivity index (χ4v) is 2.51. The maximum absolute atomic E-state index is 12.3. The SMILES string of the molecule is Cc1ccc(NC(=O)C2(C)CCCCN2)c(Cl)c1.Cl. The summed E-state index contributed by atoms with van der Waals surface area (Å²) in [5.74, 6) is -0.00652. The van der Waals surface area contributed by atoms with Gasteiger partial charge in [0.15, 0.2) is 0 Å². The van der Waals surface area contributed by atoms with Gasteiger partial charge in [-0.2, -0.15) is 0 Å². The number of amides is 1. The fraction of sp³-hybridized carbons (Fsp3) is 0.500. The lowest BCUT2D eigenvalue weighted by Gasteiger charge is -2.33. The molecule has 0 spiro atoms. The summed E-state index contributed by atoms with van der Waals surface area (Å²) in [6.07, 6.45) is 3.08. The normalized spacial score (nSPS) is 22.5. The van der Waals surface area contributed by atoms with Gasteiger partial charge in [-0.3, -0.25) is 4.79 Å². The minimum absolute atomic E-state index is 0. The second-order valence-corrected chi connectivity index (χ2v) is 5.56. The quantitative estimate of drug-likeness (QED) is 0.877. The Morgan fingerprint density at radius 1 is 1.42 bits per heavy atom. The van der Waals surface area contributed by atoms with E-state index < -0.39 is 5.54 Å². The minimum Gasteiger partial charge on any atom is -0.323 e. The molecular weight excluding hydrogens is 283 g/mol. The van der Waals surface area contributed by atoms with Gasteiger partial charge in [-0.15, -0.1) is 12.4 Å². The third kappa shape index (κ3) is 3.85. The van der Waals surface area contributed by atoms with Crippen LogP contribution in [0, 0.1) is 6.92 Å². The van der Waals surface area contributed by atoms with Crippen molar-refractivity contribution in [3.05, 3.63) is 28.8 Å². The molecule has 1 aromatic carbocycles. The Kier molecular flexibility index (Phi) is 5.65. The highest BCUT2D eigenvalue weighted by Crippen LogP contribution is 2.26. The molecule has 2 N–H and O–H groups in total. The molecule has 1 amide bonds. The van der Waals surface area contributed by atoms with Crippen LogP contribution in [-0.4, -0.2) is 18.0 Å². The van der Waals surface area contributed by atoms with Crippen LogP contribution >= 0.6 is 24.0 Å². The molecule has 1 aliphatic rings. The average molecular weight is 303 g/mol. The summed E-state index contributed by atoms with van der Waals surface area (Å²) in [7, 11) is 0.